The van der Waals surface area contributed by atoms with Crippen LogP contribution in [0.3, 0.4) is 0 Å². The van der Waals surface area contributed by atoms with Crippen molar-refractivity contribution >= 4 is 15.8 Å². The minimum atomic E-state index is -3.84. The number of hydrogen-bond acceptors (Lipinski definition) is 6. The first-order valence-electron chi connectivity index (χ1n) is 8.89. The molecule has 0 radical (unpaired) electrons. The number of aromatic nitrogens is 2. The van der Waals surface area contributed by atoms with Crippen LogP contribution in [0.25, 0.3) is 0 Å². The highest BCUT2D eigenvalue weighted by Crippen LogP contribution is 2.39. The zero-order valence-electron chi connectivity index (χ0n) is 15.0. The Morgan fingerprint density at radius 3 is 2.52 bits per heavy atom. The molecule has 0 N–H and O–H groups in total. The molecule has 0 amide bonds. The topological polar surface area (TPSA) is 75.6 Å². The van der Waals surface area contributed by atoms with Gasteiger partial charge in [0.25, 0.3) is 0 Å². The van der Waals surface area contributed by atoms with E-state index in [0.717, 1.165) is 30.4 Å². The third-order valence-electron chi connectivity index (χ3n) is 4.98. The van der Waals surface area contributed by atoms with Crippen molar-refractivity contribution in [2.24, 2.45) is 0 Å². The zero-order valence-corrected chi connectivity index (χ0v) is 15.8. The number of sulfonamides is 1. The predicted octanol–water partition coefficient (Wildman–Crippen LogP) is 2.01. The summed E-state index contributed by atoms with van der Waals surface area (Å²) in [4.78, 5) is 10.6. The van der Waals surface area contributed by atoms with Crippen LogP contribution in [0.15, 0.2) is 35.5 Å². The van der Waals surface area contributed by atoms with Gasteiger partial charge in [-0.2, -0.15) is 4.31 Å². The Balaban J connectivity index is 1.50. The van der Waals surface area contributed by atoms with Crippen LogP contribution in [0.4, 0.5) is 10.2 Å². The standard InChI is InChI=1S/C18H21FN4O3S/c1-26-16-5-4-14(19)10-17(16)27(24,25)23-8-6-22(7-9-23)18-11-15(13-2-3-13)20-12-21-18/h4-5,10-13H,2-3,6-9H2,1H3. The van der Waals surface area contributed by atoms with Crippen LogP contribution < -0.4 is 9.64 Å². The largest absolute Gasteiger partial charge is 0.495 e. The summed E-state index contributed by atoms with van der Waals surface area (Å²) in [6.45, 7) is 1.62. The molecular formula is C18H21FN4O3S. The van der Waals surface area contributed by atoms with Crippen molar-refractivity contribution in [1.29, 1.82) is 0 Å². The third kappa shape index (κ3) is 3.61. The minimum absolute atomic E-state index is 0.142. The summed E-state index contributed by atoms with van der Waals surface area (Å²) in [5, 5.41) is 0. The van der Waals surface area contributed by atoms with Crippen molar-refractivity contribution in [1.82, 2.24) is 14.3 Å². The molecule has 0 atom stereocenters. The van der Waals surface area contributed by atoms with Gasteiger partial charge in [-0.25, -0.2) is 22.8 Å². The van der Waals surface area contributed by atoms with Crippen molar-refractivity contribution in [2.75, 3.05) is 38.2 Å². The maximum atomic E-state index is 13.6. The molecule has 1 aliphatic heterocycles. The lowest BCUT2D eigenvalue weighted by Gasteiger charge is -2.34. The van der Waals surface area contributed by atoms with Crippen LogP contribution in [0, 0.1) is 5.82 Å². The summed E-state index contributed by atoms with van der Waals surface area (Å²) in [5.74, 6) is 0.895. The molecule has 0 bridgehead atoms. The fourth-order valence-electron chi connectivity index (χ4n) is 3.29. The molecule has 1 aromatic carbocycles. The van der Waals surface area contributed by atoms with Gasteiger partial charge < -0.3 is 9.64 Å². The second-order valence-corrected chi connectivity index (χ2v) is 8.67. The molecule has 2 aliphatic rings. The predicted molar refractivity (Wildman–Crippen MR) is 97.9 cm³/mol. The summed E-state index contributed by atoms with van der Waals surface area (Å²) in [7, 11) is -2.46. The Labute approximate surface area is 157 Å². The van der Waals surface area contributed by atoms with Gasteiger partial charge in [-0.15, -0.1) is 0 Å². The summed E-state index contributed by atoms with van der Waals surface area (Å²) >= 11 is 0. The van der Waals surface area contributed by atoms with Gasteiger partial charge in [-0.05, 0) is 31.0 Å². The number of benzene rings is 1. The minimum Gasteiger partial charge on any atom is -0.495 e. The van der Waals surface area contributed by atoms with Crippen LogP contribution >= 0.6 is 0 Å². The lowest BCUT2D eigenvalue weighted by atomic mass is 10.2. The molecule has 1 aliphatic carbocycles. The number of ether oxygens (including phenoxy) is 1. The van der Waals surface area contributed by atoms with E-state index in [1.165, 1.54) is 23.5 Å². The van der Waals surface area contributed by atoms with Crippen molar-refractivity contribution in [3.05, 3.63) is 42.1 Å². The molecule has 0 unspecified atom stereocenters. The Kier molecular flexibility index (Phi) is 4.73. The van der Waals surface area contributed by atoms with Crippen molar-refractivity contribution in [3.8, 4) is 5.75 Å². The number of hydrogen-bond donors (Lipinski definition) is 0. The van der Waals surface area contributed by atoms with Crippen LogP contribution in [0.1, 0.15) is 24.5 Å². The third-order valence-corrected chi connectivity index (χ3v) is 6.90. The maximum Gasteiger partial charge on any atom is 0.246 e. The van der Waals surface area contributed by atoms with E-state index < -0.39 is 15.8 Å². The number of halogens is 1. The maximum absolute atomic E-state index is 13.6. The van der Waals surface area contributed by atoms with E-state index in [4.69, 9.17) is 4.74 Å². The van der Waals surface area contributed by atoms with E-state index in [1.54, 1.807) is 6.33 Å². The molecule has 144 valence electrons. The molecule has 2 heterocycles. The summed E-state index contributed by atoms with van der Waals surface area (Å²) < 4.78 is 46.0. The first kappa shape index (κ1) is 18.1. The SMILES string of the molecule is COc1ccc(F)cc1S(=O)(=O)N1CCN(c2cc(C3CC3)ncn2)CC1. The summed E-state index contributed by atoms with van der Waals surface area (Å²) in [5.41, 5.74) is 1.06. The number of methoxy groups -OCH3 is 1. The van der Waals surface area contributed by atoms with Gasteiger partial charge in [-0.3, -0.25) is 0 Å². The molecule has 2 fully saturated rings. The Morgan fingerprint density at radius 2 is 1.85 bits per heavy atom. The average Bonchev–Trinajstić information content (AvgIpc) is 3.53. The molecule has 0 spiro atoms. The van der Waals surface area contributed by atoms with Crippen LogP contribution in [-0.2, 0) is 10.0 Å². The highest BCUT2D eigenvalue weighted by atomic mass is 32.2. The van der Waals surface area contributed by atoms with Crippen molar-refractivity contribution in [2.45, 2.75) is 23.7 Å². The Bertz CT molecular complexity index is 941. The number of piperazine rings is 1. The first-order valence-corrected chi connectivity index (χ1v) is 10.3. The van der Waals surface area contributed by atoms with Crippen molar-refractivity contribution in [3.63, 3.8) is 0 Å². The van der Waals surface area contributed by atoms with E-state index in [-0.39, 0.29) is 10.6 Å². The van der Waals surface area contributed by atoms with Gasteiger partial charge in [0.15, 0.2) is 0 Å². The fourth-order valence-corrected chi connectivity index (χ4v) is 4.87. The summed E-state index contributed by atoms with van der Waals surface area (Å²) in [6, 6.07) is 5.52. The molecule has 4 rings (SSSR count). The Morgan fingerprint density at radius 1 is 1.11 bits per heavy atom. The fraction of sp³-hybridized carbons (Fsp3) is 0.444. The molecule has 27 heavy (non-hydrogen) atoms. The monoisotopic (exact) mass is 392 g/mol. The van der Waals surface area contributed by atoms with Crippen LogP contribution in [0.2, 0.25) is 0 Å². The molecule has 2 aromatic rings. The number of rotatable bonds is 5. The molecule has 7 nitrogen and oxygen atoms in total. The molecule has 1 saturated heterocycles. The van der Waals surface area contributed by atoms with Crippen LogP contribution in [-0.4, -0.2) is 56.0 Å². The van der Waals surface area contributed by atoms with Gasteiger partial charge in [-0.1, -0.05) is 0 Å². The van der Waals surface area contributed by atoms with Gasteiger partial charge in [0, 0.05) is 43.9 Å². The van der Waals surface area contributed by atoms with E-state index >= 15 is 0 Å². The highest BCUT2D eigenvalue weighted by Gasteiger charge is 2.32. The number of anilines is 1. The molecule has 1 saturated carbocycles. The first-order chi connectivity index (χ1) is 13.0. The smallest absolute Gasteiger partial charge is 0.246 e. The normalized spacial score (nSPS) is 18.5. The number of nitrogens with zero attached hydrogens (tertiary/aromatic N) is 4. The van der Waals surface area contributed by atoms with E-state index in [2.05, 4.69) is 14.9 Å². The van der Waals surface area contributed by atoms with E-state index in [9.17, 15) is 12.8 Å². The lowest BCUT2D eigenvalue weighted by Crippen LogP contribution is -2.49. The van der Waals surface area contributed by atoms with Gasteiger partial charge in [0.2, 0.25) is 10.0 Å². The van der Waals surface area contributed by atoms with Gasteiger partial charge >= 0.3 is 0 Å². The molecular weight excluding hydrogens is 371 g/mol. The Hall–Kier alpha value is -2.26. The summed E-state index contributed by atoms with van der Waals surface area (Å²) in [6.07, 6.45) is 3.90. The zero-order chi connectivity index (χ0) is 19.0. The second kappa shape index (κ2) is 7.05. The molecule has 9 heteroatoms. The molecule has 1 aromatic heterocycles. The van der Waals surface area contributed by atoms with Crippen molar-refractivity contribution < 1.29 is 17.5 Å². The quantitative estimate of drug-likeness (QED) is 0.775. The van der Waals surface area contributed by atoms with E-state index in [0.29, 0.717) is 32.1 Å². The average molecular weight is 392 g/mol. The van der Waals surface area contributed by atoms with Gasteiger partial charge in [0.1, 0.15) is 28.6 Å². The highest BCUT2D eigenvalue weighted by molar-refractivity contribution is 7.89. The van der Waals surface area contributed by atoms with Crippen LogP contribution in [0.5, 0.6) is 5.75 Å². The van der Waals surface area contributed by atoms with E-state index in [1.807, 2.05) is 6.07 Å². The lowest BCUT2D eigenvalue weighted by molar-refractivity contribution is 0.372. The van der Waals surface area contributed by atoms with Gasteiger partial charge in [0.05, 0.1) is 7.11 Å². The second-order valence-electron chi connectivity index (χ2n) is 6.76.